The molecule has 0 radical (unpaired) electrons. The van der Waals surface area contributed by atoms with Crippen LogP contribution in [0.3, 0.4) is 0 Å². The molecule has 10 heavy (non-hydrogen) atoms. The molecule has 0 bridgehead atoms. The second-order valence-corrected chi connectivity index (χ2v) is 4.98. The van der Waals surface area contributed by atoms with E-state index in [1.165, 1.54) is 0 Å². The molecule has 0 N–H and O–H groups in total. The van der Waals surface area contributed by atoms with Gasteiger partial charge in [-0.2, -0.15) is 0 Å². The summed E-state index contributed by atoms with van der Waals surface area (Å²) >= 11 is 1.81. The lowest BCUT2D eigenvalue weighted by Gasteiger charge is -1.99. The summed E-state index contributed by atoms with van der Waals surface area (Å²) in [5, 5.41) is 0. The second-order valence-electron chi connectivity index (χ2n) is 1.38. The first-order valence-corrected chi connectivity index (χ1v) is 5.82. The van der Waals surface area contributed by atoms with Gasteiger partial charge in [-0.1, -0.05) is 6.08 Å². The summed E-state index contributed by atoms with van der Waals surface area (Å²) in [6, 6.07) is 0. The molecule has 58 valence electrons. The van der Waals surface area contributed by atoms with Crippen LogP contribution >= 0.6 is 57.3 Å². The zero-order valence-electron chi connectivity index (χ0n) is 5.23. The molecule has 0 saturated heterocycles. The molecule has 0 aliphatic carbocycles. The first kappa shape index (κ1) is 11.2. The van der Waals surface area contributed by atoms with Crippen LogP contribution in [0.2, 0.25) is 0 Å². The summed E-state index contributed by atoms with van der Waals surface area (Å²) in [6.45, 7) is 3.63. The molecule has 0 aromatic carbocycles. The van der Waals surface area contributed by atoms with Crippen LogP contribution in [0, 0.1) is 0 Å². The van der Waals surface area contributed by atoms with Gasteiger partial charge in [-0.05, 0) is 21.6 Å². The molecule has 1 nitrogen and oxygen atoms in total. The Morgan fingerprint density at radius 3 is 3.10 bits per heavy atom. The summed E-state index contributed by atoms with van der Waals surface area (Å²) in [5.74, 6) is 0.996. The highest BCUT2D eigenvalue weighted by atomic mass is 127. The van der Waals surface area contributed by atoms with Crippen LogP contribution in [-0.2, 0) is 0 Å². The van der Waals surface area contributed by atoms with Gasteiger partial charge < -0.3 is 0 Å². The highest BCUT2D eigenvalue weighted by Crippen LogP contribution is 2.38. The summed E-state index contributed by atoms with van der Waals surface area (Å²) < 4.78 is 0.410. The van der Waals surface area contributed by atoms with E-state index in [1.807, 2.05) is 23.4 Å². The van der Waals surface area contributed by atoms with Gasteiger partial charge in [0.1, 0.15) is 0 Å². The van der Waals surface area contributed by atoms with Gasteiger partial charge >= 0.3 is 0 Å². The third-order valence-electron chi connectivity index (χ3n) is 0.720. The quantitative estimate of drug-likeness (QED) is 0.451. The molecule has 0 saturated carbocycles. The zero-order valence-corrected chi connectivity index (χ0v) is 10.0. The van der Waals surface area contributed by atoms with Gasteiger partial charge in [-0.25, -0.2) is 0 Å². The molecular weight excluding hydrogens is 297 g/mol. The van der Waals surface area contributed by atoms with Gasteiger partial charge in [0, 0.05) is 5.75 Å². The monoisotopic (exact) mass is 305 g/mol. The molecule has 1 atom stereocenters. The number of hydrogen-bond donors (Lipinski definition) is 0. The molecule has 5 heteroatoms. The van der Waals surface area contributed by atoms with E-state index in [0.29, 0.717) is 4.71 Å². The Hall–Kier alpha value is 1.19. The van der Waals surface area contributed by atoms with Crippen LogP contribution in [0.25, 0.3) is 0 Å². The van der Waals surface area contributed by atoms with Crippen molar-refractivity contribution in [3.63, 3.8) is 0 Å². The molecule has 0 aromatic rings. The third kappa shape index (κ3) is 4.15. The Balaban J connectivity index is 0.000000810. The van der Waals surface area contributed by atoms with Crippen molar-refractivity contribution in [2.45, 2.75) is 4.71 Å². The summed E-state index contributed by atoms with van der Waals surface area (Å²) in [6.07, 6.45) is 1.91. The fourth-order valence-electron chi connectivity index (χ4n) is 0.393. The third-order valence-corrected chi connectivity index (χ3v) is 4.36. The van der Waals surface area contributed by atoms with Crippen LogP contribution in [0.1, 0.15) is 0 Å². The topological polar surface area (TPSA) is 12.4 Å². The van der Waals surface area contributed by atoms with Crippen molar-refractivity contribution in [3.8, 4) is 0 Å². The molecule has 1 rings (SSSR count). The Kier molecular flexibility index (Phi) is 7.69. The van der Waals surface area contributed by atoms with Crippen LogP contribution in [-0.4, -0.2) is 16.0 Å². The summed E-state index contributed by atoms with van der Waals surface area (Å²) in [5.41, 5.74) is 1.89. The smallest absolute Gasteiger partial charge is 0.152 e. The Labute approximate surface area is 90.3 Å². The Morgan fingerprint density at radius 1 is 1.80 bits per heavy atom. The molecule has 0 fully saturated rings. The predicted molar refractivity (Wildman–Crippen MR) is 65.5 cm³/mol. The number of rotatable bonds is 3. The van der Waals surface area contributed by atoms with Gasteiger partial charge in [0.2, 0.25) is 0 Å². The Bertz CT molecular complexity index is 128. The minimum Gasteiger partial charge on any atom is -0.259 e. The van der Waals surface area contributed by atoms with E-state index < -0.39 is 0 Å². The highest BCUT2D eigenvalue weighted by Gasteiger charge is 2.10. The van der Waals surface area contributed by atoms with E-state index in [9.17, 15) is 0 Å². The average Bonchev–Trinajstić information content (AvgIpc) is 2.34. The van der Waals surface area contributed by atoms with Gasteiger partial charge in [0.15, 0.2) is 4.71 Å². The fraction of sp³-hybridized carbons (Fsp3) is 0.400. The molecule has 1 unspecified atom stereocenters. The minimum absolute atomic E-state index is 0. The number of thioether (sulfide) groups is 1. The molecular formula is C5H8INS3. The second kappa shape index (κ2) is 6.87. The van der Waals surface area contributed by atoms with E-state index in [-0.39, 0.29) is 24.0 Å². The van der Waals surface area contributed by atoms with Gasteiger partial charge in [0.05, 0.1) is 5.55 Å². The van der Waals surface area contributed by atoms with Crippen molar-refractivity contribution in [2.75, 3.05) is 5.75 Å². The van der Waals surface area contributed by atoms with Crippen molar-refractivity contribution >= 4 is 62.9 Å². The van der Waals surface area contributed by atoms with E-state index in [2.05, 4.69) is 11.6 Å². The molecule has 1 heterocycles. The minimum atomic E-state index is 0. The van der Waals surface area contributed by atoms with E-state index in [0.717, 1.165) is 5.75 Å². The molecule has 1 aliphatic rings. The van der Waals surface area contributed by atoms with E-state index >= 15 is 0 Å². The van der Waals surface area contributed by atoms with Crippen molar-refractivity contribution in [3.05, 3.63) is 12.7 Å². The van der Waals surface area contributed by atoms with Crippen LogP contribution in [0.5, 0.6) is 0 Å². The fourth-order valence-corrected chi connectivity index (χ4v) is 3.52. The van der Waals surface area contributed by atoms with Crippen molar-refractivity contribution in [1.29, 1.82) is 0 Å². The number of nitrogens with zero attached hydrogens (tertiary/aromatic N) is 1. The van der Waals surface area contributed by atoms with Crippen LogP contribution in [0.4, 0.5) is 0 Å². The standard InChI is InChI=1S/C5H7NS3.HI/c1-2-3-7-5-6-4-8-9-5;/h2,4-5H,1,3H2;1H. The van der Waals surface area contributed by atoms with Crippen molar-refractivity contribution in [2.24, 2.45) is 4.99 Å². The SMILES string of the molecule is C=CCSC1N=CSS1.I. The van der Waals surface area contributed by atoms with Crippen molar-refractivity contribution in [1.82, 2.24) is 0 Å². The largest absolute Gasteiger partial charge is 0.259 e. The lowest BCUT2D eigenvalue weighted by atomic mass is 10.8. The van der Waals surface area contributed by atoms with Gasteiger partial charge in [-0.15, -0.1) is 42.3 Å². The molecule has 0 spiro atoms. The first-order valence-electron chi connectivity index (χ1n) is 2.50. The van der Waals surface area contributed by atoms with E-state index in [4.69, 9.17) is 0 Å². The number of aliphatic imine (C=N–C) groups is 1. The lowest BCUT2D eigenvalue weighted by Crippen LogP contribution is -1.84. The lowest BCUT2D eigenvalue weighted by molar-refractivity contribution is 1.33. The Morgan fingerprint density at radius 2 is 2.60 bits per heavy atom. The van der Waals surface area contributed by atoms with Crippen LogP contribution in [0.15, 0.2) is 17.6 Å². The zero-order chi connectivity index (χ0) is 6.53. The van der Waals surface area contributed by atoms with Gasteiger partial charge in [0.25, 0.3) is 0 Å². The first-order chi connectivity index (χ1) is 4.43. The molecule has 0 aromatic heterocycles. The summed E-state index contributed by atoms with van der Waals surface area (Å²) in [7, 11) is 3.49. The van der Waals surface area contributed by atoms with E-state index in [1.54, 1.807) is 21.6 Å². The number of hydrogen-bond acceptors (Lipinski definition) is 4. The normalized spacial score (nSPS) is 22.2. The average molecular weight is 305 g/mol. The predicted octanol–water partition coefficient (Wildman–Crippen LogP) is 3.23. The van der Waals surface area contributed by atoms with Gasteiger partial charge in [-0.3, -0.25) is 4.99 Å². The molecule has 1 aliphatic heterocycles. The van der Waals surface area contributed by atoms with Crippen LogP contribution < -0.4 is 0 Å². The molecule has 0 amide bonds. The maximum atomic E-state index is 4.19. The van der Waals surface area contributed by atoms with Crippen molar-refractivity contribution < 1.29 is 0 Å². The highest BCUT2D eigenvalue weighted by molar-refractivity contribution is 14.0. The maximum absolute atomic E-state index is 4.19. The summed E-state index contributed by atoms with van der Waals surface area (Å²) in [4.78, 5) is 4.19. The maximum Gasteiger partial charge on any atom is 0.152 e. The number of halogens is 1.